The van der Waals surface area contributed by atoms with Gasteiger partial charge in [-0.1, -0.05) is 54.1 Å². The quantitative estimate of drug-likeness (QED) is 0.462. The van der Waals surface area contributed by atoms with Gasteiger partial charge in [-0.25, -0.2) is 4.98 Å². The molecule has 1 heterocycles. The van der Waals surface area contributed by atoms with Crippen molar-refractivity contribution in [3.63, 3.8) is 0 Å². The van der Waals surface area contributed by atoms with Crippen LogP contribution in [-0.4, -0.2) is 17.5 Å². The number of hydrogen-bond acceptors (Lipinski definition) is 4. The maximum absolute atomic E-state index is 12.2. The van der Waals surface area contributed by atoms with Crippen LogP contribution in [0.25, 0.3) is 22.0 Å². The summed E-state index contributed by atoms with van der Waals surface area (Å²) in [7, 11) is 0. The molecule has 0 aliphatic rings. The van der Waals surface area contributed by atoms with Crippen molar-refractivity contribution >= 4 is 33.1 Å². The fraction of sp³-hybridized carbons (Fsp3) is 0.130. The molecule has 4 nitrogen and oxygen atoms in total. The number of thiazole rings is 1. The Bertz CT molecular complexity index is 1100. The Hall–Kier alpha value is -3.18. The summed E-state index contributed by atoms with van der Waals surface area (Å²) in [6, 6.07) is 22.3. The first-order chi connectivity index (χ1) is 13.7. The summed E-state index contributed by atoms with van der Waals surface area (Å²) >= 11 is 1.43. The molecule has 1 amide bonds. The van der Waals surface area contributed by atoms with E-state index in [-0.39, 0.29) is 12.3 Å². The number of ether oxygens (including phenoxy) is 1. The monoisotopic (exact) mass is 388 g/mol. The predicted molar refractivity (Wildman–Crippen MR) is 115 cm³/mol. The first-order valence-corrected chi connectivity index (χ1v) is 9.99. The van der Waals surface area contributed by atoms with Gasteiger partial charge < -0.3 is 10.1 Å². The average Bonchev–Trinajstić information content (AvgIpc) is 3.17. The van der Waals surface area contributed by atoms with Gasteiger partial charge in [-0.3, -0.25) is 4.79 Å². The molecule has 0 radical (unpaired) electrons. The number of aromatic nitrogens is 1. The van der Waals surface area contributed by atoms with Crippen LogP contribution >= 0.6 is 11.3 Å². The van der Waals surface area contributed by atoms with Crippen LogP contribution in [0.15, 0.2) is 72.1 Å². The zero-order chi connectivity index (χ0) is 19.3. The van der Waals surface area contributed by atoms with E-state index in [0.29, 0.717) is 11.7 Å². The molecule has 0 atom stereocenters. The number of benzene rings is 3. The number of nitrogens with zero attached hydrogens (tertiary/aromatic N) is 1. The molecule has 0 fully saturated rings. The van der Waals surface area contributed by atoms with Crippen LogP contribution in [0.5, 0.6) is 5.75 Å². The van der Waals surface area contributed by atoms with E-state index in [1.54, 1.807) is 0 Å². The summed E-state index contributed by atoms with van der Waals surface area (Å²) in [5.41, 5.74) is 3.08. The van der Waals surface area contributed by atoms with Crippen molar-refractivity contribution in [2.24, 2.45) is 0 Å². The fourth-order valence-corrected chi connectivity index (χ4v) is 3.63. The lowest BCUT2D eigenvalue weighted by Gasteiger charge is -2.06. The van der Waals surface area contributed by atoms with Gasteiger partial charge in [0.2, 0.25) is 5.91 Å². The molecule has 0 saturated heterocycles. The second kappa shape index (κ2) is 8.23. The number of aryl methyl sites for hydroxylation is 1. The molecule has 28 heavy (non-hydrogen) atoms. The van der Waals surface area contributed by atoms with Crippen molar-refractivity contribution in [1.29, 1.82) is 0 Å². The number of nitrogens with one attached hydrogen (secondary N) is 1. The van der Waals surface area contributed by atoms with Crippen molar-refractivity contribution < 1.29 is 9.53 Å². The topological polar surface area (TPSA) is 51.2 Å². The minimum absolute atomic E-state index is 0.105. The van der Waals surface area contributed by atoms with E-state index < -0.39 is 0 Å². The lowest BCUT2D eigenvalue weighted by molar-refractivity contribution is -0.116. The Balaban J connectivity index is 1.34. The van der Waals surface area contributed by atoms with Gasteiger partial charge in [0.05, 0.1) is 18.7 Å². The van der Waals surface area contributed by atoms with E-state index >= 15 is 0 Å². The van der Waals surface area contributed by atoms with Crippen LogP contribution < -0.4 is 10.1 Å². The summed E-state index contributed by atoms with van der Waals surface area (Å²) in [6.45, 7) is 2.36. The molecule has 4 rings (SSSR count). The zero-order valence-electron chi connectivity index (χ0n) is 15.5. The maximum Gasteiger partial charge on any atom is 0.229 e. The van der Waals surface area contributed by atoms with Crippen LogP contribution in [0.1, 0.15) is 12.0 Å². The van der Waals surface area contributed by atoms with Gasteiger partial charge in [0.25, 0.3) is 0 Å². The number of anilines is 1. The first kappa shape index (κ1) is 18.2. The first-order valence-electron chi connectivity index (χ1n) is 9.11. The molecule has 0 aliphatic heterocycles. The van der Waals surface area contributed by atoms with E-state index in [0.717, 1.165) is 17.0 Å². The average molecular weight is 388 g/mol. The summed E-state index contributed by atoms with van der Waals surface area (Å²) < 4.78 is 5.61. The smallest absolute Gasteiger partial charge is 0.229 e. The molecule has 0 saturated carbocycles. The van der Waals surface area contributed by atoms with Crippen LogP contribution in [-0.2, 0) is 4.79 Å². The van der Waals surface area contributed by atoms with Gasteiger partial charge in [-0.15, -0.1) is 11.3 Å². The summed E-state index contributed by atoms with van der Waals surface area (Å²) in [6.07, 6.45) is 0.277. The fourth-order valence-electron chi connectivity index (χ4n) is 2.89. The van der Waals surface area contributed by atoms with Gasteiger partial charge in [0, 0.05) is 10.9 Å². The summed E-state index contributed by atoms with van der Waals surface area (Å²) in [4.78, 5) is 16.7. The van der Waals surface area contributed by atoms with Crippen molar-refractivity contribution in [2.45, 2.75) is 13.3 Å². The maximum atomic E-state index is 12.2. The third-order valence-electron chi connectivity index (χ3n) is 4.41. The Morgan fingerprint density at radius 2 is 1.82 bits per heavy atom. The molecule has 1 aromatic heterocycles. The Labute approximate surface area is 167 Å². The largest absolute Gasteiger partial charge is 0.493 e. The van der Waals surface area contributed by atoms with Crippen LogP contribution in [0.2, 0.25) is 0 Å². The molecule has 0 bridgehead atoms. The number of rotatable bonds is 6. The molecule has 1 N–H and O–H groups in total. The standard InChI is InChI=1S/C23H20N2O2S/c1-16-6-10-20(11-7-16)27-13-12-22(26)25-23-24-21(15-28-23)19-9-8-17-4-2-3-5-18(17)14-19/h2-11,14-15H,12-13H2,1H3,(H,24,25,26). The molecule has 3 aromatic carbocycles. The van der Waals surface area contributed by atoms with Gasteiger partial charge in [-0.2, -0.15) is 0 Å². The van der Waals surface area contributed by atoms with Crippen molar-refractivity contribution in [1.82, 2.24) is 4.98 Å². The van der Waals surface area contributed by atoms with Crippen LogP contribution in [0, 0.1) is 6.92 Å². The highest BCUT2D eigenvalue weighted by atomic mass is 32.1. The highest BCUT2D eigenvalue weighted by molar-refractivity contribution is 7.14. The number of carbonyl (C=O) groups excluding carboxylic acids is 1. The van der Waals surface area contributed by atoms with E-state index in [2.05, 4.69) is 40.6 Å². The van der Waals surface area contributed by atoms with Gasteiger partial charge in [-0.05, 0) is 35.9 Å². The minimum atomic E-state index is -0.105. The normalized spacial score (nSPS) is 10.8. The third kappa shape index (κ3) is 4.38. The second-order valence-electron chi connectivity index (χ2n) is 6.56. The minimum Gasteiger partial charge on any atom is -0.493 e. The lowest BCUT2D eigenvalue weighted by Crippen LogP contribution is -2.15. The molecule has 0 spiro atoms. The number of amides is 1. The molecule has 140 valence electrons. The van der Waals surface area contributed by atoms with Crippen molar-refractivity contribution in [3.05, 3.63) is 77.7 Å². The molecule has 5 heteroatoms. The predicted octanol–water partition coefficient (Wildman–Crippen LogP) is 5.68. The van der Waals surface area contributed by atoms with Crippen molar-refractivity contribution in [3.8, 4) is 17.0 Å². The number of hydrogen-bond donors (Lipinski definition) is 1. The number of carbonyl (C=O) groups is 1. The highest BCUT2D eigenvalue weighted by Gasteiger charge is 2.09. The molecule has 4 aromatic rings. The van der Waals surface area contributed by atoms with Gasteiger partial charge in [0.1, 0.15) is 5.75 Å². The Morgan fingerprint density at radius 1 is 1.04 bits per heavy atom. The molecule has 0 unspecified atom stereocenters. The lowest BCUT2D eigenvalue weighted by atomic mass is 10.1. The van der Waals surface area contributed by atoms with Crippen molar-refractivity contribution in [2.75, 3.05) is 11.9 Å². The molecule has 0 aliphatic carbocycles. The molecular weight excluding hydrogens is 368 g/mol. The van der Waals surface area contributed by atoms with E-state index in [9.17, 15) is 4.79 Å². The Morgan fingerprint density at radius 3 is 2.64 bits per heavy atom. The number of fused-ring (bicyclic) bond motifs is 1. The summed E-state index contributed by atoms with van der Waals surface area (Å²) in [5.74, 6) is 0.665. The second-order valence-corrected chi connectivity index (χ2v) is 7.42. The van der Waals surface area contributed by atoms with Crippen LogP contribution in [0.4, 0.5) is 5.13 Å². The van der Waals surface area contributed by atoms with Gasteiger partial charge in [0.15, 0.2) is 5.13 Å². The third-order valence-corrected chi connectivity index (χ3v) is 5.17. The zero-order valence-corrected chi connectivity index (χ0v) is 16.3. The highest BCUT2D eigenvalue weighted by Crippen LogP contribution is 2.27. The van der Waals surface area contributed by atoms with Crippen LogP contribution in [0.3, 0.4) is 0 Å². The van der Waals surface area contributed by atoms with Gasteiger partial charge >= 0.3 is 0 Å². The Kier molecular flexibility index (Phi) is 5.35. The van der Waals surface area contributed by atoms with E-state index in [1.807, 2.05) is 48.7 Å². The SMILES string of the molecule is Cc1ccc(OCCC(=O)Nc2nc(-c3ccc4ccccc4c3)cs2)cc1. The van der Waals surface area contributed by atoms with E-state index in [4.69, 9.17) is 4.74 Å². The molecular formula is C23H20N2O2S. The summed E-state index contributed by atoms with van der Waals surface area (Å²) in [5, 5.41) is 7.79. The van der Waals surface area contributed by atoms with E-state index in [1.165, 1.54) is 27.7 Å².